The largest absolute Gasteiger partial charge is 0.495 e. The van der Waals surface area contributed by atoms with Crippen LogP contribution in [-0.4, -0.2) is 13.7 Å². The van der Waals surface area contributed by atoms with Crippen LogP contribution in [0.25, 0.3) is 0 Å². The topological polar surface area (TPSA) is 21.3 Å². The van der Waals surface area contributed by atoms with Crippen molar-refractivity contribution in [1.29, 1.82) is 0 Å². The molecule has 1 fully saturated rings. The van der Waals surface area contributed by atoms with E-state index in [0.717, 1.165) is 31.5 Å². The van der Waals surface area contributed by atoms with Crippen LogP contribution in [0.4, 0.5) is 13.2 Å². The van der Waals surface area contributed by atoms with E-state index >= 15 is 0 Å². The summed E-state index contributed by atoms with van der Waals surface area (Å²) in [5.41, 5.74) is -0.258. The summed E-state index contributed by atoms with van der Waals surface area (Å²) in [6.07, 6.45) is -2.68. The first-order valence-electron chi connectivity index (χ1n) is 5.61. The molecule has 1 saturated heterocycles. The minimum Gasteiger partial charge on any atom is -0.495 e. The second kappa shape index (κ2) is 4.97. The molecule has 1 atom stereocenters. The van der Waals surface area contributed by atoms with Crippen molar-refractivity contribution in [3.8, 4) is 5.75 Å². The Hall–Kier alpha value is -0.940. The predicted molar refractivity (Wildman–Crippen MR) is 63.0 cm³/mol. The number of hydrogen-bond donors (Lipinski definition) is 1. The fraction of sp³-hybridized carbons (Fsp3) is 0.500. The molecular weight excluding hydrogens is 267 g/mol. The van der Waals surface area contributed by atoms with Crippen LogP contribution in [0, 0.1) is 0 Å². The maximum Gasteiger partial charge on any atom is 0.416 e. The Balaban J connectivity index is 2.50. The standard InChI is InChI=1S/C12H13ClF3NO/c1-18-11-8(10-3-2-4-17-10)5-7(6-9(11)13)12(14,15)16/h5-6,10,17H,2-4H2,1H3. The molecule has 2 rings (SSSR count). The third-order valence-electron chi connectivity index (χ3n) is 3.04. The molecule has 6 heteroatoms. The molecule has 0 saturated carbocycles. The highest BCUT2D eigenvalue weighted by Gasteiger charge is 2.33. The zero-order chi connectivity index (χ0) is 13.3. The maximum absolute atomic E-state index is 12.8. The van der Waals surface area contributed by atoms with Crippen LogP contribution >= 0.6 is 11.6 Å². The number of ether oxygens (including phenoxy) is 1. The predicted octanol–water partition coefficient (Wildman–Crippen LogP) is 3.79. The van der Waals surface area contributed by atoms with Gasteiger partial charge in [-0.15, -0.1) is 0 Å². The summed E-state index contributed by atoms with van der Waals surface area (Å²) >= 11 is 5.87. The molecule has 2 nitrogen and oxygen atoms in total. The van der Waals surface area contributed by atoms with Crippen molar-refractivity contribution in [2.75, 3.05) is 13.7 Å². The van der Waals surface area contributed by atoms with Gasteiger partial charge in [0.05, 0.1) is 17.7 Å². The number of halogens is 4. The third kappa shape index (κ3) is 2.57. The van der Waals surface area contributed by atoms with Crippen LogP contribution in [0.15, 0.2) is 12.1 Å². The monoisotopic (exact) mass is 279 g/mol. The normalized spacial score (nSPS) is 20.2. The first-order chi connectivity index (χ1) is 8.43. The lowest BCUT2D eigenvalue weighted by Crippen LogP contribution is -2.15. The van der Waals surface area contributed by atoms with E-state index in [0.29, 0.717) is 11.3 Å². The van der Waals surface area contributed by atoms with Gasteiger partial charge in [0.15, 0.2) is 0 Å². The van der Waals surface area contributed by atoms with E-state index in [1.165, 1.54) is 7.11 Å². The van der Waals surface area contributed by atoms with Crippen LogP contribution in [0.2, 0.25) is 5.02 Å². The molecule has 0 spiro atoms. The summed E-state index contributed by atoms with van der Waals surface area (Å²) in [5.74, 6) is 0.323. The first-order valence-corrected chi connectivity index (χ1v) is 5.99. The molecule has 18 heavy (non-hydrogen) atoms. The number of nitrogens with one attached hydrogen (secondary N) is 1. The Morgan fingerprint density at radius 2 is 2.11 bits per heavy atom. The average molecular weight is 280 g/mol. The van der Waals surface area contributed by atoms with Gasteiger partial charge in [-0.3, -0.25) is 0 Å². The molecule has 1 aliphatic heterocycles. The fourth-order valence-corrected chi connectivity index (χ4v) is 2.51. The van der Waals surface area contributed by atoms with Gasteiger partial charge in [0.1, 0.15) is 5.75 Å². The number of hydrogen-bond acceptors (Lipinski definition) is 2. The summed E-state index contributed by atoms with van der Waals surface area (Å²) < 4.78 is 43.4. The molecule has 0 aliphatic carbocycles. The minimum atomic E-state index is -4.40. The molecule has 1 aliphatic rings. The van der Waals surface area contributed by atoms with Crippen LogP contribution in [0.3, 0.4) is 0 Å². The summed E-state index contributed by atoms with van der Waals surface area (Å²) in [5, 5.41) is 3.14. The molecule has 1 heterocycles. The lowest BCUT2D eigenvalue weighted by molar-refractivity contribution is -0.137. The van der Waals surface area contributed by atoms with Crippen molar-refractivity contribution in [3.63, 3.8) is 0 Å². The molecule has 0 amide bonds. The zero-order valence-corrected chi connectivity index (χ0v) is 10.5. The molecule has 1 N–H and O–H groups in total. The number of alkyl halides is 3. The van der Waals surface area contributed by atoms with Crippen LogP contribution in [-0.2, 0) is 6.18 Å². The minimum absolute atomic E-state index is 0.00368. The van der Waals surface area contributed by atoms with E-state index in [1.807, 2.05) is 0 Å². The van der Waals surface area contributed by atoms with E-state index in [9.17, 15) is 13.2 Å². The third-order valence-corrected chi connectivity index (χ3v) is 3.32. The molecule has 1 aromatic carbocycles. The molecule has 1 aromatic rings. The number of benzene rings is 1. The lowest BCUT2D eigenvalue weighted by atomic mass is 10.0. The Kier molecular flexibility index (Phi) is 3.73. The Labute approximate surface area is 108 Å². The molecular formula is C12H13ClF3NO. The fourth-order valence-electron chi connectivity index (χ4n) is 2.20. The van der Waals surface area contributed by atoms with E-state index in [-0.39, 0.29) is 11.1 Å². The first kappa shape index (κ1) is 13.5. The Bertz CT molecular complexity index is 442. The van der Waals surface area contributed by atoms with Gasteiger partial charge < -0.3 is 10.1 Å². The number of methoxy groups -OCH3 is 1. The van der Waals surface area contributed by atoms with Crippen molar-refractivity contribution in [2.24, 2.45) is 0 Å². The molecule has 100 valence electrons. The van der Waals surface area contributed by atoms with E-state index in [1.54, 1.807) is 0 Å². The quantitative estimate of drug-likeness (QED) is 0.889. The summed E-state index contributed by atoms with van der Waals surface area (Å²) in [6, 6.07) is 1.90. The van der Waals surface area contributed by atoms with E-state index < -0.39 is 11.7 Å². The van der Waals surface area contributed by atoms with Crippen LogP contribution < -0.4 is 10.1 Å². The molecule has 0 radical (unpaired) electrons. The van der Waals surface area contributed by atoms with Gasteiger partial charge >= 0.3 is 6.18 Å². The second-order valence-electron chi connectivity index (χ2n) is 4.23. The zero-order valence-electron chi connectivity index (χ0n) is 9.77. The molecule has 0 aromatic heterocycles. The Morgan fingerprint density at radius 3 is 2.61 bits per heavy atom. The Morgan fingerprint density at radius 1 is 1.39 bits per heavy atom. The van der Waals surface area contributed by atoms with Gasteiger partial charge in [0.2, 0.25) is 0 Å². The van der Waals surface area contributed by atoms with Gasteiger partial charge in [-0.05, 0) is 31.5 Å². The lowest BCUT2D eigenvalue weighted by Gasteiger charge is -2.18. The van der Waals surface area contributed by atoms with E-state index in [4.69, 9.17) is 16.3 Å². The van der Waals surface area contributed by atoms with Gasteiger partial charge in [-0.1, -0.05) is 11.6 Å². The molecule has 1 unspecified atom stereocenters. The van der Waals surface area contributed by atoms with Crippen molar-refractivity contribution in [2.45, 2.75) is 25.1 Å². The van der Waals surface area contributed by atoms with Gasteiger partial charge in [-0.25, -0.2) is 0 Å². The van der Waals surface area contributed by atoms with E-state index in [2.05, 4.69) is 5.32 Å². The van der Waals surface area contributed by atoms with Crippen molar-refractivity contribution in [3.05, 3.63) is 28.3 Å². The summed E-state index contributed by atoms with van der Waals surface area (Å²) in [6.45, 7) is 0.793. The summed E-state index contributed by atoms with van der Waals surface area (Å²) in [7, 11) is 1.41. The molecule has 0 bridgehead atoms. The van der Waals surface area contributed by atoms with Crippen LogP contribution in [0.1, 0.15) is 30.0 Å². The summed E-state index contributed by atoms with van der Waals surface area (Å²) in [4.78, 5) is 0. The maximum atomic E-state index is 12.8. The average Bonchev–Trinajstić information content (AvgIpc) is 2.79. The van der Waals surface area contributed by atoms with Crippen molar-refractivity contribution in [1.82, 2.24) is 5.32 Å². The van der Waals surface area contributed by atoms with Gasteiger partial charge in [0, 0.05) is 11.6 Å². The highest BCUT2D eigenvalue weighted by Crippen LogP contribution is 2.41. The highest BCUT2D eigenvalue weighted by molar-refractivity contribution is 6.32. The SMILES string of the molecule is COc1c(Cl)cc(C(F)(F)F)cc1C1CCCN1. The smallest absolute Gasteiger partial charge is 0.416 e. The second-order valence-corrected chi connectivity index (χ2v) is 4.63. The van der Waals surface area contributed by atoms with Crippen molar-refractivity contribution < 1.29 is 17.9 Å². The van der Waals surface area contributed by atoms with Crippen molar-refractivity contribution >= 4 is 11.6 Å². The highest BCUT2D eigenvalue weighted by atomic mass is 35.5. The van der Waals surface area contributed by atoms with Gasteiger partial charge in [-0.2, -0.15) is 13.2 Å². The van der Waals surface area contributed by atoms with Crippen LogP contribution in [0.5, 0.6) is 5.75 Å². The van der Waals surface area contributed by atoms with Gasteiger partial charge in [0.25, 0.3) is 0 Å². The number of rotatable bonds is 2.